The maximum Gasteiger partial charge on any atom is 0.271 e. The molecule has 6 heteroatoms. The van der Waals surface area contributed by atoms with Crippen LogP contribution in [0.5, 0.6) is 0 Å². The Labute approximate surface area is 130 Å². The molecule has 0 aliphatic carbocycles. The first-order chi connectivity index (χ1) is 11.1. The van der Waals surface area contributed by atoms with E-state index in [9.17, 15) is 9.18 Å². The molecule has 2 N–H and O–H groups in total. The molecule has 0 saturated carbocycles. The predicted molar refractivity (Wildman–Crippen MR) is 88.2 cm³/mol. The highest BCUT2D eigenvalue weighted by molar-refractivity contribution is 6.21. The molecule has 1 aromatic carbocycles. The highest BCUT2D eigenvalue weighted by Gasteiger charge is 2.16. The van der Waals surface area contributed by atoms with Crippen molar-refractivity contribution in [2.24, 2.45) is 12.0 Å². The maximum absolute atomic E-state index is 13.5. The molecule has 2 aromatic heterocycles. The fourth-order valence-electron chi connectivity index (χ4n) is 2.72. The number of hydrogen-bond acceptors (Lipinski definition) is 2. The lowest BCUT2D eigenvalue weighted by Gasteiger charge is -2.00. The number of allylic oxidation sites excluding steroid dienone is 1. The molecule has 0 fully saturated rings. The van der Waals surface area contributed by atoms with Gasteiger partial charge in [0.25, 0.3) is 5.56 Å². The Hall–Kier alpha value is -3.15. The van der Waals surface area contributed by atoms with Crippen LogP contribution in [-0.4, -0.2) is 21.0 Å². The summed E-state index contributed by atoms with van der Waals surface area (Å²) in [5, 5.41) is 5.50. The van der Waals surface area contributed by atoms with Gasteiger partial charge in [-0.15, -0.1) is 0 Å². The molecule has 0 spiro atoms. The van der Waals surface area contributed by atoms with E-state index < -0.39 is 0 Å². The molecule has 0 unspecified atom stereocenters. The predicted octanol–water partition coefficient (Wildman–Crippen LogP) is 3.10. The average molecular weight is 308 g/mol. The normalized spacial score (nSPS) is 14.6. The van der Waals surface area contributed by atoms with Crippen LogP contribution >= 0.6 is 0 Å². The average Bonchev–Trinajstić information content (AvgIpc) is 3.21. The molecule has 1 aliphatic heterocycles. The summed E-state index contributed by atoms with van der Waals surface area (Å²) >= 11 is 0. The lowest BCUT2D eigenvalue weighted by Crippen LogP contribution is -2.02. The highest BCUT2D eigenvalue weighted by Crippen LogP contribution is 2.33. The summed E-state index contributed by atoms with van der Waals surface area (Å²) in [4.78, 5) is 16.4. The zero-order valence-corrected chi connectivity index (χ0v) is 12.3. The van der Waals surface area contributed by atoms with E-state index in [1.54, 1.807) is 18.4 Å². The number of hydrogen-bond donors (Lipinski definition) is 2. The Morgan fingerprint density at radius 3 is 2.91 bits per heavy atom. The van der Waals surface area contributed by atoms with Crippen molar-refractivity contribution in [3.63, 3.8) is 0 Å². The number of fused-ring (bicyclic) bond motifs is 1. The third kappa shape index (κ3) is 2.24. The van der Waals surface area contributed by atoms with Gasteiger partial charge in [0.2, 0.25) is 0 Å². The molecule has 5 nitrogen and oxygen atoms in total. The number of halogens is 1. The molecule has 23 heavy (non-hydrogen) atoms. The third-order valence-corrected chi connectivity index (χ3v) is 3.85. The van der Waals surface area contributed by atoms with Crippen molar-refractivity contribution in [1.82, 2.24) is 14.8 Å². The summed E-state index contributed by atoms with van der Waals surface area (Å²) in [7, 11) is 1.91. The van der Waals surface area contributed by atoms with Gasteiger partial charge in [0.1, 0.15) is 5.82 Å². The Balaban J connectivity index is 1.85. The van der Waals surface area contributed by atoms with E-state index in [1.807, 2.05) is 30.1 Å². The monoisotopic (exact) mass is 308 g/mol. The van der Waals surface area contributed by atoms with Gasteiger partial charge >= 0.3 is 0 Å². The number of rotatable bonds is 2. The first-order valence-electron chi connectivity index (χ1n) is 7.10. The van der Waals surface area contributed by atoms with E-state index in [-0.39, 0.29) is 11.4 Å². The van der Waals surface area contributed by atoms with Crippen molar-refractivity contribution >= 4 is 23.6 Å². The molecular weight excluding hydrogens is 295 g/mol. The van der Waals surface area contributed by atoms with Crippen LogP contribution < -0.4 is 5.56 Å². The summed E-state index contributed by atoms with van der Waals surface area (Å²) < 4.78 is 15.4. The molecular formula is C17H13FN4O. The van der Waals surface area contributed by atoms with E-state index in [0.717, 1.165) is 5.56 Å². The summed E-state index contributed by atoms with van der Waals surface area (Å²) in [5.41, 5.74) is 3.95. The zero-order valence-electron chi connectivity index (χ0n) is 12.3. The van der Waals surface area contributed by atoms with Crippen LogP contribution in [0, 0.1) is 5.82 Å². The second kappa shape index (κ2) is 4.95. The van der Waals surface area contributed by atoms with E-state index in [2.05, 4.69) is 15.2 Å². The summed E-state index contributed by atoms with van der Waals surface area (Å²) in [6, 6.07) is 6.34. The van der Waals surface area contributed by atoms with Crippen molar-refractivity contribution in [1.29, 1.82) is 0 Å². The molecule has 0 bridgehead atoms. The SMILES string of the molecule is Cn1ccc(-c2[nH][nH]c(=O)c2/C=C2\C=Nc3ccc(F)cc32)c1. The fraction of sp³-hybridized carbons (Fsp3) is 0.0588. The number of aryl methyl sites for hydroxylation is 1. The number of nitrogens with one attached hydrogen (secondary N) is 2. The molecule has 3 heterocycles. The number of aromatic amines is 2. The number of benzene rings is 1. The molecule has 0 saturated heterocycles. The van der Waals surface area contributed by atoms with E-state index in [1.165, 1.54) is 12.1 Å². The molecule has 0 amide bonds. The molecule has 0 atom stereocenters. The quantitative estimate of drug-likeness (QED) is 0.750. The van der Waals surface area contributed by atoms with Gasteiger partial charge in [-0.05, 0) is 30.3 Å². The van der Waals surface area contributed by atoms with Gasteiger partial charge in [-0.2, -0.15) is 0 Å². The standard InChI is InChI=1S/C17H13FN4O/c1-22-5-4-10(9-22)16-14(17(23)21-20-16)6-11-8-19-15-3-2-12(18)7-13(11)15/h2-9H,1H3,(H2,20,21,23)/b11-6+. The fourth-order valence-corrected chi connectivity index (χ4v) is 2.72. The van der Waals surface area contributed by atoms with Crippen LogP contribution in [-0.2, 0) is 7.05 Å². The van der Waals surface area contributed by atoms with Crippen LogP contribution in [0.25, 0.3) is 22.9 Å². The van der Waals surface area contributed by atoms with E-state index in [4.69, 9.17) is 0 Å². The van der Waals surface area contributed by atoms with Crippen molar-refractivity contribution in [3.8, 4) is 11.3 Å². The molecule has 3 aromatic rings. The maximum atomic E-state index is 13.5. The second-order valence-corrected chi connectivity index (χ2v) is 5.45. The second-order valence-electron chi connectivity index (χ2n) is 5.45. The lowest BCUT2D eigenvalue weighted by atomic mass is 10.0. The van der Waals surface area contributed by atoms with Gasteiger partial charge in [0.15, 0.2) is 0 Å². The molecule has 1 aliphatic rings. The Kier molecular flexibility index (Phi) is 2.90. The van der Waals surface area contributed by atoms with Crippen LogP contribution in [0.3, 0.4) is 0 Å². The molecule has 114 valence electrons. The van der Waals surface area contributed by atoms with E-state index in [0.29, 0.717) is 28.1 Å². The van der Waals surface area contributed by atoms with Gasteiger partial charge in [0.05, 0.1) is 16.9 Å². The summed E-state index contributed by atoms with van der Waals surface area (Å²) in [6.45, 7) is 0. The van der Waals surface area contributed by atoms with E-state index >= 15 is 0 Å². The molecule has 4 rings (SSSR count). The first-order valence-corrected chi connectivity index (χ1v) is 7.10. The Bertz CT molecular complexity index is 1020. The number of aromatic nitrogens is 3. The number of nitrogens with zero attached hydrogens (tertiary/aromatic N) is 2. The Morgan fingerprint density at radius 1 is 1.26 bits per heavy atom. The number of aliphatic imine (C=N–C) groups is 1. The minimum absolute atomic E-state index is 0.227. The van der Waals surface area contributed by atoms with Crippen molar-refractivity contribution in [2.75, 3.05) is 0 Å². The Morgan fingerprint density at radius 2 is 2.13 bits per heavy atom. The molecule has 0 radical (unpaired) electrons. The first kappa shape index (κ1) is 13.5. The van der Waals surface area contributed by atoms with Gasteiger partial charge in [-0.3, -0.25) is 20.0 Å². The van der Waals surface area contributed by atoms with Gasteiger partial charge in [-0.25, -0.2) is 4.39 Å². The van der Waals surface area contributed by atoms with Gasteiger partial charge in [-0.1, -0.05) is 0 Å². The van der Waals surface area contributed by atoms with Crippen LogP contribution in [0.2, 0.25) is 0 Å². The zero-order chi connectivity index (χ0) is 16.0. The van der Waals surface area contributed by atoms with Crippen molar-refractivity contribution in [3.05, 3.63) is 64.0 Å². The third-order valence-electron chi connectivity index (χ3n) is 3.85. The summed E-state index contributed by atoms with van der Waals surface area (Å²) in [5.74, 6) is -0.327. The smallest absolute Gasteiger partial charge is 0.271 e. The largest absolute Gasteiger partial charge is 0.357 e. The van der Waals surface area contributed by atoms with Crippen LogP contribution in [0.1, 0.15) is 11.1 Å². The van der Waals surface area contributed by atoms with Crippen LogP contribution in [0.4, 0.5) is 10.1 Å². The lowest BCUT2D eigenvalue weighted by molar-refractivity contribution is 0.627. The van der Waals surface area contributed by atoms with Crippen LogP contribution in [0.15, 0.2) is 46.4 Å². The minimum Gasteiger partial charge on any atom is -0.357 e. The number of H-pyrrole nitrogens is 2. The van der Waals surface area contributed by atoms with Gasteiger partial charge < -0.3 is 4.57 Å². The highest BCUT2D eigenvalue weighted by atomic mass is 19.1. The van der Waals surface area contributed by atoms with Crippen molar-refractivity contribution < 1.29 is 4.39 Å². The van der Waals surface area contributed by atoms with Crippen molar-refractivity contribution in [2.45, 2.75) is 0 Å². The summed E-state index contributed by atoms with van der Waals surface area (Å²) in [6.07, 6.45) is 7.19. The minimum atomic E-state index is -0.327. The topological polar surface area (TPSA) is 65.9 Å². The van der Waals surface area contributed by atoms with Gasteiger partial charge in [0, 0.05) is 42.4 Å².